The molecule has 1 rings (SSSR count). The Hall–Kier alpha value is -1.35. The van der Waals surface area contributed by atoms with Crippen molar-refractivity contribution in [3.05, 3.63) is 40.7 Å². The number of benzene rings is 1. The molecule has 0 N–H and O–H groups in total. The largest absolute Gasteiger partial charge is 0.339 e. The molecule has 1 aromatic rings. The van der Waals surface area contributed by atoms with E-state index >= 15 is 0 Å². The van der Waals surface area contributed by atoms with Crippen LogP contribution in [-0.2, 0) is 4.79 Å². The van der Waals surface area contributed by atoms with Crippen LogP contribution in [0.5, 0.6) is 0 Å². The molecule has 0 aliphatic heterocycles. The predicted molar refractivity (Wildman–Crippen MR) is 105 cm³/mol. The summed E-state index contributed by atoms with van der Waals surface area (Å²) in [5.74, 6) is -0.471. The van der Waals surface area contributed by atoms with E-state index in [-0.39, 0.29) is 11.5 Å². The second kappa shape index (κ2) is 12.9. The number of halogens is 2. The van der Waals surface area contributed by atoms with Crippen molar-refractivity contribution in [1.82, 2.24) is 4.90 Å². The molecule has 0 aromatic heterocycles. The number of carbonyl (C=O) groups excluding carboxylic acids is 1. The first-order valence-electron chi connectivity index (χ1n) is 9.51. The summed E-state index contributed by atoms with van der Waals surface area (Å²) in [5, 5.41) is 0.321. The highest BCUT2D eigenvalue weighted by Gasteiger charge is 2.11. The summed E-state index contributed by atoms with van der Waals surface area (Å²) in [5.41, 5.74) is 0.273. The maximum atomic E-state index is 13.8. The van der Waals surface area contributed by atoms with Crippen LogP contribution in [0.3, 0.4) is 0 Å². The van der Waals surface area contributed by atoms with Crippen molar-refractivity contribution in [2.75, 3.05) is 13.1 Å². The quantitative estimate of drug-likeness (QED) is 0.305. The first-order chi connectivity index (χ1) is 12.1. The normalized spacial score (nSPS) is 11.2. The molecule has 1 aromatic carbocycles. The SMILES string of the molecule is CCCCCCN(CCCCCC)C(=O)/C=C/c1c(F)cccc1Cl. The molecule has 0 saturated heterocycles. The molecule has 0 radical (unpaired) electrons. The molecule has 0 unspecified atom stereocenters. The van der Waals surface area contributed by atoms with Gasteiger partial charge in [0.1, 0.15) is 5.82 Å². The molecule has 0 saturated carbocycles. The standard InChI is InChI=1S/C21H31ClFNO/c1-3-5-7-9-16-24(17-10-8-6-4-2)21(25)15-14-18-19(22)12-11-13-20(18)23/h11-15H,3-10,16-17H2,1-2H3/b15-14+. The van der Waals surface area contributed by atoms with E-state index in [1.165, 1.54) is 43.9 Å². The molecule has 0 atom stereocenters. The zero-order chi connectivity index (χ0) is 18.5. The van der Waals surface area contributed by atoms with E-state index in [2.05, 4.69) is 13.8 Å². The second-order valence-electron chi connectivity index (χ2n) is 6.42. The van der Waals surface area contributed by atoms with Crippen molar-refractivity contribution in [3.8, 4) is 0 Å². The lowest BCUT2D eigenvalue weighted by atomic mass is 10.1. The van der Waals surface area contributed by atoms with E-state index in [4.69, 9.17) is 11.6 Å². The molecule has 0 spiro atoms. The summed E-state index contributed by atoms with van der Waals surface area (Å²) >= 11 is 6.01. The Bertz CT molecular complexity index is 512. The molecule has 0 aliphatic carbocycles. The first-order valence-corrected chi connectivity index (χ1v) is 9.89. The summed E-state index contributed by atoms with van der Waals surface area (Å²) in [7, 11) is 0. The molecule has 4 heteroatoms. The van der Waals surface area contributed by atoms with Crippen molar-refractivity contribution in [1.29, 1.82) is 0 Å². The van der Waals surface area contributed by atoms with Crippen molar-refractivity contribution in [2.24, 2.45) is 0 Å². The van der Waals surface area contributed by atoms with Gasteiger partial charge in [0, 0.05) is 24.7 Å². The topological polar surface area (TPSA) is 20.3 Å². The van der Waals surface area contributed by atoms with Crippen LogP contribution in [0.4, 0.5) is 4.39 Å². The van der Waals surface area contributed by atoms with E-state index in [0.29, 0.717) is 5.02 Å². The summed E-state index contributed by atoms with van der Waals surface area (Å²) in [4.78, 5) is 14.4. The van der Waals surface area contributed by atoms with Crippen molar-refractivity contribution < 1.29 is 9.18 Å². The van der Waals surface area contributed by atoms with Crippen LogP contribution < -0.4 is 0 Å². The summed E-state index contributed by atoms with van der Waals surface area (Å²) in [6.45, 7) is 5.88. The maximum absolute atomic E-state index is 13.8. The molecular weight excluding hydrogens is 337 g/mol. The Morgan fingerprint density at radius 2 is 1.64 bits per heavy atom. The minimum absolute atomic E-state index is 0.0627. The molecule has 2 nitrogen and oxygen atoms in total. The van der Waals surface area contributed by atoms with Gasteiger partial charge in [0.05, 0.1) is 5.02 Å². The average molecular weight is 368 g/mol. The molecule has 140 valence electrons. The minimum atomic E-state index is -0.408. The molecule has 0 heterocycles. The first kappa shape index (κ1) is 21.7. The highest BCUT2D eigenvalue weighted by molar-refractivity contribution is 6.32. The van der Waals surface area contributed by atoms with E-state index in [9.17, 15) is 9.18 Å². The number of nitrogens with zero attached hydrogens (tertiary/aromatic N) is 1. The second-order valence-corrected chi connectivity index (χ2v) is 6.82. The van der Waals surface area contributed by atoms with Gasteiger partial charge in [0.15, 0.2) is 0 Å². The van der Waals surface area contributed by atoms with E-state index < -0.39 is 5.82 Å². The fourth-order valence-electron chi connectivity index (χ4n) is 2.72. The van der Waals surface area contributed by atoms with Crippen LogP contribution in [0.2, 0.25) is 5.02 Å². The monoisotopic (exact) mass is 367 g/mol. The van der Waals surface area contributed by atoms with Crippen LogP contribution >= 0.6 is 11.6 Å². The third kappa shape index (κ3) is 8.53. The van der Waals surface area contributed by atoms with Crippen molar-refractivity contribution in [3.63, 3.8) is 0 Å². The third-order valence-corrected chi connectivity index (χ3v) is 4.60. The Morgan fingerprint density at radius 1 is 1.04 bits per heavy atom. The van der Waals surface area contributed by atoms with Gasteiger partial charge in [-0.25, -0.2) is 4.39 Å². The van der Waals surface area contributed by atoms with E-state index in [1.807, 2.05) is 4.90 Å². The predicted octanol–water partition coefficient (Wildman–Crippen LogP) is 6.48. The summed E-state index contributed by atoms with van der Waals surface area (Å²) in [6.07, 6.45) is 12.0. The molecule has 1 amide bonds. The smallest absolute Gasteiger partial charge is 0.246 e. The van der Waals surface area contributed by atoms with E-state index in [0.717, 1.165) is 38.8 Å². The Kier molecular flexibility index (Phi) is 11.2. The number of hydrogen-bond donors (Lipinski definition) is 0. The molecular formula is C21H31ClFNO. The third-order valence-electron chi connectivity index (χ3n) is 4.27. The molecule has 25 heavy (non-hydrogen) atoms. The van der Waals surface area contributed by atoms with Crippen LogP contribution in [0, 0.1) is 5.82 Å². The lowest BCUT2D eigenvalue weighted by Crippen LogP contribution is -2.31. The average Bonchev–Trinajstić information content (AvgIpc) is 2.59. The zero-order valence-corrected chi connectivity index (χ0v) is 16.3. The van der Waals surface area contributed by atoms with Gasteiger partial charge in [-0.1, -0.05) is 70.0 Å². The summed E-state index contributed by atoms with van der Waals surface area (Å²) in [6, 6.07) is 4.54. The van der Waals surface area contributed by atoms with Gasteiger partial charge in [0.2, 0.25) is 5.91 Å². The van der Waals surface area contributed by atoms with Gasteiger partial charge in [-0.05, 0) is 31.1 Å². The zero-order valence-electron chi connectivity index (χ0n) is 15.6. The van der Waals surface area contributed by atoms with Crippen LogP contribution in [0.1, 0.15) is 70.8 Å². The molecule has 0 aliphatic rings. The van der Waals surface area contributed by atoms with E-state index in [1.54, 1.807) is 12.1 Å². The number of unbranched alkanes of at least 4 members (excludes halogenated alkanes) is 6. The Morgan fingerprint density at radius 3 is 2.16 bits per heavy atom. The van der Waals surface area contributed by atoms with Gasteiger partial charge in [-0.2, -0.15) is 0 Å². The fraction of sp³-hybridized carbons (Fsp3) is 0.571. The Labute approximate surface area is 157 Å². The molecule has 0 bridgehead atoms. The number of rotatable bonds is 12. The van der Waals surface area contributed by atoms with Crippen molar-refractivity contribution >= 4 is 23.6 Å². The van der Waals surface area contributed by atoms with Gasteiger partial charge < -0.3 is 4.90 Å². The highest BCUT2D eigenvalue weighted by Crippen LogP contribution is 2.20. The van der Waals surface area contributed by atoms with Crippen LogP contribution in [0.25, 0.3) is 6.08 Å². The highest BCUT2D eigenvalue weighted by atomic mass is 35.5. The minimum Gasteiger partial charge on any atom is -0.339 e. The van der Waals surface area contributed by atoms with Crippen molar-refractivity contribution in [2.45, 2.75) is 65.2 Å². The van der Waals surface area contributed by atoms with Gasteiger partial charge in [0.25, 0.3) is 0 Å². The maximum Gasteiger partial charge on any atom is 0.246 e. The molecule has 0 fully saturated rings. The fourth-order valence-corrected chi connectivity index (χ4v) is 2.95. The lowest BCUT2D eigenvalue weighted by Gasteiger charge is -2.21. The lowest BCUT2D eigenvalue weighted by molar-refractivity contribution is -0.126. The number of hydrogen-bond acceptors (Lipinski definition) is 1. The van der Waals surface area contributed by atoms with Crippen LogP contribution in [0.15, 0.2) is 24.3 Å². The van der Waals surface area contributed by atoms with Gasteiger partial charge in [-0.3, -0.25) is 4.79 Å². The van der Waals surface area contributed by atoms with Gasteiger partial charge in [-0.15, -0.1) is 0 Å². The van der Waals surface area contributed by atoms with Gasteiger partial charge >= 0.3 is 0 Å². The number of carbonyl (C=O) groups is 1. The number of amides is 1. The summed E-state index contributed by atoms with van der Waals surface area (Å²) < 4.78 is 13.8. The van der Waals surface area contributed by atoms with Crippen LogP contribution in [-0.4, -0.2) is 23.9 Å². The Balaban J connectivity index is 2.67.